The van der Waals surface area contributed by atoms with Gasteiger partial charge in [-0.1, -0.05) is 11.6 Å². The Morgan fingerprint density at radius 2 is 1.78 bits per heavy atom. The second-order valence-corrected chi connectivity index (χ2v) is 11.4. The van der Waals surface area contributed by atoms with Crippen molar-refractivity contribution in [3.05, 3.63) is 71.7 Å². The zero-order valence-electron chi connectivity index (χ0n) is 23.9. The average Bonchev–Trinajstić information content (AvgIpc) is 2.96. The molecule has 0 spiro atoms. The topological polar surface area (TPSA) is 77.5 Å². The van der Waals surface area contributed by atoms with Crippen LogP contribution in [0.25, 0.3) is 11.3 Å². The van der Waals surface area contributed by atoms with E-state index in [1.165, 1.54) is 37.1 Å². The van der Waals surface area contributed by atoms with Crippen molar-refractivity contribution < 1.29 is 9.18 Å². The molecule has 3 aliphatic rings. The van der Waals surface area contributed by atoms with Crippen molar-refractivity contribution in [2.24, 2.45) is 0 Å². The third-order valence-corrected chi connectivity index (χ3v) is 8.68. The molecule has 8 nitrogen and oxygen atoms in total. The second kappa shape index (κ2) is 11.8. The molecule has 1 saturated carbocycles. The van der Waals surface area contributed by atoms with Crippen molar-refractivity contribution in [3.63, 3.8) is 0 Å². The van der Waals surface area contributed by atoms with Gasteiger partial charge < -0.3 is 20.0 Å². The standard InChI is InChI=1S/C32H38FN7O/c1-22(24-6-3-7-24)40-11-5-8-25(21-40)32-36-30(18-31(37-32)35-28-10-4-9-27(33)17-28)26-16-29(20-34-19-26)39-14-12-38(13-15-39)23(2)41/h4,9-10,16-20,25H,3,5-8,11-15,21H2,1-2H3,(H,35,36,37). The molecular formula is C32H38FN7O. The number of hydrogen-bond acceptors (Lipinski definition) is 7. The monoisotopic (exact) mass is 555 g/mol. The van der Waals surface area contributed by atoms with E-state index >= 15 is 0 Å². The Labute approximate surface area is 241 Å². The molecule has 0 radical (unpaired) electrons. The quantitative estimate of drug-likeness (QED) is 0.416. The number of rotatable bonds is 6. The lowest BCUT2D eigenvalue weighted by molar-refractivity contribution is -0.129. The van der Waals surface area contributed by atoms with Crippen LogP contribution in [0, 0.1) is 5.82 Å². The van der Waals surface area contributed by atoms with E-state index in [1.807, 2.05) is 29.4 Å². The summed E-state index contributed by atoms with van der Waals surface area (Å²) >= 11 is 0. The van der Waals surface area contributed by atoms with Gasteiger partial charge in [0.2, 0.25) is 5.91 Å². The number of aromatic nitrogens is 3. The molecular weight excluding hydrogens is 517 g/mol. The van der Waals surface area contributed by atoms with Crippen molar-refractivity contribution in [2.45, 2.75) is 51.9 Å². The molecule has 1 atom stereocenters. The van der Waals surface area contributed by atoms with Gasteiger partial charge in [-0.25, -0.2) is 14.4 Å². The van der Waals surface area contributed by atoms with Gasteiger partial charge >= 0.3 is 0 Å². The average molecular weight is 556 g/mol. The number of halogens is 1. The van der Waals surface area contributed by atoms with Crippen LogP contribution in [0.5, 0.6) is 0 Å². The van der Waals surface area contributed by atoms with Crippen LogP contribution in [-0.2, 0) is 4.79 Å². The summed E-state index contributed by atoms with van der Waals surface area (Å²) in [6, 6.07) is 10.5. The van der Waals surface area contributed by atoms with E-state index in [9.17, 15) is 9.18 Å². The van der Waals surface area contributed by atoms with E-state index in [2.05, 4.69) is 33.1 Å². The molecule has 2 saturated heterocycles. The number of likely N-dealkylation sites (tertiary alicyclic amines) is 1. The molecule has 4 heterocycles. The van der Waals surface area contributed by atoms with Crippen molar-refractivity contribution in [1.82, 2.24) is 24.8 Å². The molecule has 1 N–H and O–H groups in total. The van der Waals surface area contributed by atoms with Crippen LogP contribution in [-0.4, -0.2) is 69.9 Å². The molecule has 0 bridgehead atoms. The minimum Gasteiger partial charge on any atom is -0.374 e. The highest BCUT2D eigenvalue weighted by molar-refractivity contribution is 5.74. The van der Waals surface area contributed by atoms with Crippen LogP contribution in [0.2, 0.25) is 0 Å². The SMILES string of the molecule is CC(=O)N1CCN(c2cncc(-c3cc(Nc4cccc(F)c4)nc(C4CCCN(C(C)=C5CCC5)C4)n3)c2)CC1. The number of carbonyl (C=O) groups excluding carboxylic acids is 1. The molecule has 3 aromatic rings. The molecule has 1 amide bonds. The first-order chi connectivity index (χ1) is 19.9. The molecule has 41 heavy (non-hydrogen) atoms. The summed E-state index contributed by atoms with van der Waals surface area (Å²) in [5.74, 6) is 1.46. The molecule has 1 aromatic carbocycles. The van der Waals surface area contributed by atoms with Crippen LogP contribution < -0.4 is 10.2 Å². The molecule has 214 valence electrons. The summed E-state index contributed by atoms with van der Waals surface area (Å²) in [4.78, 5) is 33.1. The predicted octanol–water partition coefficient (Wildman–Crippen LogP) is 5.73. The normalized spacial score (nSPS) is 19.1. The lowest BCUT2D eigenvalue weighted by atomic mass is 9.89. The summed E-state index contributed by atoms with van der Waals surface area (Å²) in [5, 5.41) is 3.32. The zero-order valence-corrected chi connectivity index (χ0v) is 23.9. The highest BCUT2D eigenvalue weighted by Gasteiger charge is 2.27. The Kier molecular flexibility index (Phi) is 7.85. The van der Waals surface area contributed by atoms with Gasteiger partial charge in [-0.05, 0) is 63.3 Å². The lowest BCUT2D eigenvalue weighted by Crippen LogP contribution is -2.48. The number of pyridine rings is 1. The summed E-state index contributed by atoms with van der Waals surface area (Å²) in [5.41, 5.74) is 6.36. The maximum atomic E-state index is 14.0. The first-order valence-electron chi connectivity index (χ1n) is 14.7. The van der Waals surface area contributed by atoms with Crippen molar-refractivity contribution in [2.75, 3.05) is 49.5 Å². The van der Waals surface area contributed by atoms with Crippen LogP contribution in [0.1, 0.15) is 57.7 Å². The van der Waals surface area contributed by atoms with Crippen molar-refractivity contribution >= 4 is 23.1 Å². The van der Waals surface area contributed by atoms with Crippen LogP contribution >= 0.6 is 0 Å². The Bertz CT molecular complexity index is 1440. The van der Waals surface area contributed by atoms with E-state index in [-0.39, 0.29) is 17.6 Å². The maximum Gasteiger partial charge on any atom is 0.219 e. The summed E-state index contributed by atoms with van der Waals surface area (Å²) in [6.45, 7) is 8.78. The third kappa shape index (κ3) is 6.19. The van der Waals surface area contributed by atoms with Crippen molar-refractivity contribution in [1.29, 1.82) is 0 Å². The first kappa shape index (κ1) is 27.2. The smallest absolute Gasteiger partial charge is 0.219 e. The fourth-order valence-corrected chi connectivity index (χ4v) is 6.03. The first-order valence-corrected chi connectivity index (χ1v) is 14.7. The van der Waals surface area contributed by atoms with Gasteiger partial charge in [0, 0.05) is 81.3 Å². The largest absolute Gasteiger partial charge is 0.374 e. The zero-order chi connectivity index (χ0) is 28.3. The van der Waals surface area contributed by atoms with E-state index < -0.39 is 0 Å². The Balaban J connectivity index is 1.31. The predicted molar refractivity (Wildman–Crippen MR) is 160 cm³/mol. The van der Waals surface area contributed by atoms with Gasteiger partial charge in [0.1, 0.15) is 17.5 Å². The number of benzene rings is 1. The third-order valence-electron chi connectivity index (χ3n) is 8.68. The van der Waals surface area contributed by atoms with Gasteiger partial charge in [0.15, 0.2) is 0 Å². The number of nitrogens with one attached hydrogen (secondary N) is 1. The molecule has 2 aromatic heterocycles. The number of hydrogen-bond donors (Lipinski definition) is 1. The Morgan fingerprint density at radius 1 is 0.951 bits per heavy atom. The fourth-order valence-electron chi connectivity index (χ4n) is 6.03. The number of carbonyl (C=O) groups is 1. The number of amides is 1. The molecule has 3 fully saturated rings. The van der Waals surface area contributed by atoms with Gasteiger partial charge in [-0.3, -0.25) is 9.78 Å². The van der Waals surface area contributed by atoms with Gasteiger partial charge in [0.25, 0.3) is 0 Å². The summed E-state index contributed by atoms with van der Waals surface area (Å²) in [7, 11) is 0. The van der Waals surface area contributed by atoms with E-state index in [0.717, 1.165) is 61.8 Å². The lowest BCUT2D eigenvalue weighted by Gasteiger charge is -2.37. The maximum absolute atomic E-state index is 14.0. The number of allylic oxidation sites excluding steroid dienone is 2. The number of nitrogens with zero attached hydrogens (tertiary/aromatic N) is 6. The van der Waals surface area contributed by atoms with Crippen LogP contribution in [0.15, 0.2) is 60.1 Å². The minimum absolute atomic E-state index is 0.115. The number of anilines is 3. The molecule has 2 aliphatic heterocycles. The van der Waals surface area contributed by atoms with E-state index in [0.29, 0.717) is 24.6 Å². The molecule has 6 rings (SSSR count). The molecule has 1 unspecified atom stereocenters. The second-order valence-electron chi connectivity index (χ2n) is 11.4. The van der Waals surface area contributed by atoms with E-state index in [1.54, 1.807) is 18.6 Å². The Morgan fingerprint density at radius 3 is 2.51 bits per heavy atom. The van der Waals surface area contributed by atoms with E-state index in [4.69, 9.17) is 9.97 Å². The number of piperazine rings is 1. The minimum atomic E-state index is -0.297. The van der Waals surface area contributed by atoms with Gasteiger partial charge in [-0.15, -0.1) is 0 Å². The van der Waals surface area contributed by atoms with Gasteiger partial charge in [-0.2, -0.15) is 0 Å². The van der Waals surface area contributed by atoms with Crippen LogP contribution in [0.4, 0.5) is 21.6 Å². The molecule has 1 aliphatic carbocycles. The van der Waals surface area contributed by atoms with Crippen LogP contribution in [0.3, 0.4) is 0 Å². The number of piperidine rings is 1. The summed E-state index contributed by atoms with van der Waals surface area (Å²) < 4.78 is 14.0. The fraction of sp³-hybridized carbons (Fsp3) is 0.438. The summed E-state index contributed by atoms with van der Waals surface area (Å²) in [6.07, 6.45) is 9.56. The van der Waals surface area contributed by atoms with Gasteiger partial charge in [0.05, 0.1) is 17.6 Å². The highest BCUT2D eigenvalue weighted by Crippen LogP contribution is 2.35. The highest BCUT2D eigenvalue weighted by atomic mass is 19.1. The van der Waals surface area contributed by atoms with Crippen molar-refractivity contribution in [3.8, 4) is 11.3 Å². The Hall–Kier alpha value is -4.01. The molecule has 9 heteroatoms.